The zero-order valence-electron chi connectivity index (χ0n) is 7.95. The Morgan fingerprint density at radius 3 is 2.44 bits per heavy atom. The summed E-state index contributed by atoms with van der Waals surface area (Å²) < 4.78 is 2.92. The highest BCUT2D eigenvalue weighted by atomic mass is 79.9. The second-order valence-electron chi connectivity index (χ2n) is 3.24. The van der Waals surface area contributed by atoms with Crippen LogP contribution < -0.4 is 0 Å². The third-order valence-corrected chi connectivity index (χ3v) is 5.02. The molecule has 1 N–H and O–H groups in total. The van der Waals surface area contributed by atoms with Gasteiger partial charge < -0.3 is 5.11 Å². The van der Waals surface area contributed by atoms with Crippen LogP contribution in [0, 0.1) is 0 Å². The van der Waals surface area contributed by atoms with Crippen molar-refractivity contribution in [3.05, 3.63) is 53.5 Å². The van der Waals surface area contributed by atoms with Crippen LogP contribution in [0.25, 0.3) is 0 Å². The second-order valence-corrected chi connectivity index (χ2v) is 7.90. The molecule has 5 heteroatoms. The van der Waals surface area contributed by atoms with Gasteiger partial charge >= 0.3 is 0 Å². The highest BCUT2D eigenvalue weighted by molar-refractivity contribution is 9.12. The predicted octanol–water partition coefficient (Wildman–Crippen LogP) is 5.12. The third-order valence-electron chi connectivity index (χ3n) is 2.14. The summed E-state index contributed by atoms with van der Waals surface area (Å²) >= 11 is 11.8. The van der Waals surface area contributed by atoms with Crippen molar-refractivity contribution in [3.8, 4) is 0 Å². The molecule has 16 heavy (non-hydrogen) atoms. The fraction of sp³-hybridized carbons (Fsp3) is 0.0909. The van der Waals surface area contributed by atoms with Gasteiger partial charge in [0.05, 0.1) is 7.57 Å². The van der Waals surface area contributed by atoms with Gasteiger partial charge in [0.25, 0.3) is 0 Å². The fourth-order valence-electron chi connectivity index (χ4n) is 1.40. The maximum atomic E-state index is 10.2. The first kappa shape index (κ1) is 12.8. The van der Waals surface area contributed by atoms with Crippen molar-refractivity contribution in [2.24, 2.45) is 0 Å². The Bertz CT molecular complexity index is 510. The van der Waals surface area contributed by atoms with Crippen LogP contribution in [0.2, 0.25) is 0 Å². The molecule has 0 spiro atoms. The van der Waals surface area contributed by atoms with E-state index in [1.165, 1.54) is 0 Å². The summed E-state index contributed by atoms with van der Waals surface area (Å²) in [5.74, 6) is 0. The van der Waals surface area contributed by atoms with Gasteiger partial charge in [0, 0.05) is 10.0 Å². The van der Waals surface area contributed by atoms with E-state index in [2.05, 4.69) is 47.8 Å². The lowest BCUT2D eigenvalue weighted by Crippen LogP contribution is -1.98. The van der Waals surface area contributed by atoms with Crippen LogP contribution in [0.4, 0.5) is 0 Å². The third kappa shape index (κ3) is 2.76. The highest BCUT2D eigenvalue weighted by Gasteiger charge is 2.16. The SMILES string of the molecule is OC(c1cccc(Br)c1)c1cc(Br)sc1Br. The predicted molar refractivity (Wildman–Crippen MR) is 77.9 cm³/mol. The smallest absolute Gasteiger partial charge is 0.106 e. The zero-order valence-corrected chi connectivity index (χ0v) is 13.5. The fourth-order valence-corrected chi connectivity index (χ4v) is 4.70. The van der Waals surface area contributed by atoms with E-state index in [1.807, 2.05) is 30.3 Å². The lowest BCUT2D eigenvalue weighted by atomic mass is 10.1. The average Bonchev–Trinajstić information content (AvgIpc) is 2.57. The molecule has 1 atom stereocenters. The molecule has 0 bridgehead atoms. The van der Waals surface area contributed by atoms with Gasteiger partial charge in [-0.1, -0.05) is 28.1 Å². The molecule has 1 aromatic carbocycles. The van der Waals surface area contributed by atoms with E-state index in [-0.39, 0.29) is 0 Å². The Kier molecular flexibility index (Phi) is 4.24. The monoisotopic (exact) mass is 424 g/mol. The van der Waals surface area contributed by atoms with Gasteiger partial charge in [-0.2, -0.15) is 0 Å². The molecule has 0 saturated carbocycles. The summed E-state index contributed by atoms with van der Waals surface area (Å²) in [7, 11) is 0. The number of aliphatic hydroxyl groups is 1. The molecule has 2 rings (SSSR count). The number of benzene rings is 1. The molecule has 0 radical (unpaired) electrons. The van der Waals surface area contributed by atoms with Crippen LogP contribution in [0.3, 0.4) is 0 Å². The molecular formula is C11H7Br3OS. The van der Waals surface area contributed by atoms with Crippen molar-refractivity contribution < 1.29 is 5.11 Å². The molecule has 1 unspecified atom stereocenters. The van der Waals surface area contributed by atoms with Gasteiger partial charge in [-0.25, -0.2) is 0 Å². The van der Waals surface area contributed by atoms with Crippen LogP contribution in [-0.2, 0) is 0 Å². The molecule has 1 nitrogen and oxygen atoms in total. The number of halogens is 3. The van der Waals surface area contributed by atoms with Crippen molar-refractivity contribution in [1.82, 2.24) is 0 Å². The average molecular weight is 427 g/mol. The quantitative estimate of drug-likeness (QED) is 0.706. The van der Waals surface area contributed by atoms with E-state index < -0.39 is 6.10 Å². The molecule has 2 aromatic rings. The molecule has 0 aliphatic rings. The normalized spacial score (nSPS) is 12.8. The van der Waals surface area contributed by atoms with Crippen LogP contribution in [0.1, 0.15) is 17.2 Å². The topological polar surface area (TPSA) is 20.2 Å². The Labute approximate surface area is 123 Å². The number of thiophene rings is 1. The van der Waals surface area contributed by atoms with Crippen molar-refractivity contribution in [3.63, 3.8) is 0 Å². The van der Waals surface area contributed by atoms with E-state index in [0.29, 0.717) is 0 Å². The van der Waals surface area contributed by atoms with Gasteiger partial charge in [0.1, 0.15) is 6.10 Å². The van der Waals surface area contributed by atoms with E-state index in [0.717, 1.165) is 23.2 Å². The molecule has 84 valence electrons. The van der Waals surface area contributed by atoms with E-state index in [4.69, 9.17) is 0 Å². The minimum Gasteiger partial charge on any atom is -0.384 e. The Hall–Kier alpha value is 0.320. The molecule has 1 heterocycles. The standard InChI is InChI=1S/C11H7Br3OS/c12-7-3-1-2-6(4-7)10(15)8-5-9(13)16-11(8)14/h1-5,10,15H. The maximum Gasteiger partial charge on any atom is 0.106 e. The summed E-state index contributed by atoms with van der Waals surface area (Å²) in [6.45, 7) is 0. The van der Waals surface area contributed by atoms with Gasteiger partial charge in [-0.3, -0.25) is 0 Å². The largest absolute Gasteiger partial charge is 0.384 e. The Balaban J connectivity index is 2.38. The number of aliphatic hydroxyl groups excluding tert-OH is 1. The van der Waals surface area contributed by atoms with Gasteiger partial charge in [-0.15, -0.1) is 11.3 Å². The second kappa shape index (κ2) is 5.31. The van der Waals surface area contributed by atoms with Crippen LogP contribution in [0.5, 0.6) is 0 Å². The first-order chi connectivity index (χ1) is 7.58. The maximum absolute atomic E-state index is 10.2. The van der Waals surface area contributed by atoms with Crippen molar-refractivity contribution in [2.75, 3.05) is 0 Å². The van der Waals surface area contributed by atoms with Crippen molar-refractivity contribution >= 4 is 59.1 Å². The number of hydrogen-bond donors (Lipinski definition) is 1. The molecule has 0 fully saturated rings. The summed E-state index contributed by atoms with van der Waals surface area (Å²) in [5, 5.41) is 10.2. The summed E-state index contributed by atoms with van der Waals surface area (Å²) in [4.78, 5) is 0. The molecule has 0 aliphatic heterocycles. The van der Waals surface area contributed by atoms with E-state index >= 15 is 0 Å². The van der Waals surface area contributed by atoms with Crippen LogP contribution in [0.15, 0.2) is 42.4 Å². The summed E-state index contributed by atoms with van der Waals surface area (Å²) in [6.07, 6.45) is -0.602. The molecular weight excluding hydrogens is 420 g/mol. The summed E-state index contributed by atoms with van der Waals surface area (Å²) in [6, 6.07) is 9.61. The van der Waals surface area contributed by atoms with E-state index in [9.17, 15) is 5.11 Å². The molecule has 0 aliphatic carbocycles. The zero-order chi connectivity index (χ0) is 11.7. The number of rotatable bonds is 2. The van der Waals surface area contributed by atoms with E-state index in [1.54, 1.807) is 11.3 Å². The molecule has 0 amide bonds. The lowest BCUT2D eigenvalue weighted by molar-refractivity contribution is 0.220. The van der Waals surface area contributed by atoms with Gasteiger partial charge in [0.2, 0.25) is 0 Å². The van der Waals surface area contributed by atoms with Crippen molar-refractivity contribution in [2.45, 2.75) is 6.10 Å². The van der Waals surface area contributed by atoms with Gasteiger partial charge in [0.15, 0.2) is 0 Å². The van der Waals surface area contributed by atoms with Crippen LogP contribution in [-0.4, -0.2) is 5.11 Å². The minimum atomic E-state index is -0.602. The highest BCUT2D eigenvalue weighted by Crippen LogP contribution is 2.38. The van der Waals surface area contributed by atoms with Crippen molar-refractivity contribution in [1.29, 1.82) is 0 Å². The molecule has 1 aromatic heterocycles. The lowest BCUT2D eigenvalue weighted by Gasteiger charge is -2.10. The summed E-state index contributed by atoms with van der Waals surface area (Å²) in [5.41, 5.74) is 1.76. The van der Waals surface area contributed by atoms with Gasteiger partial charge in [-0.05, 0) is 55.6 Å². The first-order valence-corrected chi connectivity index (χ1v) is 7.65. The molecule has 0 saturated heterocycles. The van der Waals surface area contributed by atoms with Crippen LogP contribution >= 0.6 is 59.1 Å². The first-order valence-electron chi connectivity index (χ1n) is 4.46. The number of hydrogen-bond acceptors (Lipinski definition) is 2. The Morgan fingerprint density at radius 1 is 1.12 bits per heavy atom. The minimum absolute atomic E-state index is 0.602. The Morgan fingerprint density at radius 2 is 1.88 bits per heavy atom.